The summed E-state index contributed by atoms with van der Waals surface area (Å²) in [7, 11) is 3.25. The highest BCUT2D eigenvalue weighted by atomic mass is 16.5. The number of ether oxygens (including phenoxy) is 3. The molecule has 19 heavy (non-hydrogen) atoms. The standard InChI is InChI=1S/C13H20N2O4/c1-17-11-3-4-12(18-2)10(7-11)8-15-5-6-19-9-13(14)16/h3-4,7,15H,5-6,8-9H2,1-2H3,(H2,14,16). The number of amides is 1. The number of carbonyl (C=O) groups is 1. The fourth-order valence-corrected chi connectivity index (χ4v) is 1.56. The Balaban J connectivity index is 2.37. The van der Waals surface area contributed by atoms with Crippen LogP contribution in [0.4, 0.5) is 0 Å². The van der Waals surface area contributed by atoms with E-state index in [1.54, 1.807) is 14.2 Å². The summed E-state index contributed by atoms with van der Waals surface area (Å²) < 4.78 is 15.5. The number of nitrogens with two attached hydrogens (primary N) is 1. The highest BCUT2D eigenvalue weighted by Crippen LogP contribution is 2.23. The molecule has 0 saturated carbocycles. The van der Waals surface area contributed by atoms with Crippen LogP contribution in [0.15, 0.2) is 18.2 Å². The van der Waals surface area contributed by atoms with Crippen LogP contribution in [0.25, 0.3) is 0 Å². The van der Waals surface area contributed by atoms with Crippen molar-refractivity contribution in [1.82, 2.24) is 5.32 Å². The van der Waals surface area contributed by atoms with Gasteiger partial charge in [-0.3, -0.25) is 4.79 Å². The average molecular weight is 268 g/mol. The zero-order valence-electron chi connectivity index (χ0n) is 11.3. The molecule has 0 spiro atoms. The van der Waals surface area contributed by atoms with Gasteiger partial charge in [-0.05, 0) is 18.2 Å². The quantitative estimate of drug-likeness (QED) is 0.629. The maximum absolute atomic E-state index is 10.5. The first-order valence-electron chi connectivity index (χ1n) is 5.95. The zero-order chi connectivity index (χ0) is 14.1. The predicted octanol–water partition coefficient (Wildman–Crippen LogP) is 0.295. The first kappa shape index (κ1) is 15.3. The summed E-state index contributed by atoms with van der Waals surface area (Å²) in [6.45, 7) is 1.62. The molecule has 0 unspecified atom stereocenters. The molecule has 0 atom stereocenters. The van der Waals surface area contributed by atoms with Crippen molar-refractivity contribution in [2.45, 2.75) is 6.54 Å². The Kier molecular flexibility index (Phi) is 6.70. The maximum Gasteiger partial charge on any atom is 0.243 e. The third kappa shape index (κ3) is 5.58. The van der Waals surface area contributed by atoms with E-state index >= 15 is 0 Å². The molecular weight excluding hydrogens is 248 g/mol. The SMILES string of the molecule is COc1ccc(OC)c(CNCCOCC(N)=O)c1. The predicted molar refractivity (Wildman–Crippen MR) is 71.3 cm³/mol. The van der Waals surface area contributed by atoms with Crippen molar-refractivity contribution in [2.75, 3.05) is 34.0 Å². The van der Waals surface area contributed by atoms with Crippen LogP contribution in [-0.2, 0) is 16.1 Å². The van der Waals surface area contributed by atoms with E-state index in [2.05, 4.69) is 5.32 Å². The summed E-state index contributed by atoms with van der Waals surface area (Å²) in [5, 5.41) is 3.19. The van der Waals surface area contributed by atoms with Gasteiger partial charge < -0.3 is 25.3 Å². The Hall–Kier alpha value is -1.79. The first-order chi connectivity index (χ1) is 9.17. The van der Waals surface area contributed by atoms with Gasteiger partial charge in [-0.1, -0.05) is 0 Å². The summed E-state index contributed by atoms with van der Waals surface area (Å²) in [6, 6.07) is 5.62. The van der Waals surface area contributed by atoms with E-state index in [-0.39, 0.29) is 6.61 Å². The van der Waals surface area contributed by atoms with Crippen LogP contribution in [0, 0.1) is 0 Å². The number of hydrogen-bond donors (Lipinski definition) is 2. The zero-order valence-corrected chi connectivity index (χ0v) is 11.3. The minimum Gasteiger partial charge on any atom is -0.497 e. The van der Waals surface area contributed by atoms with E-state index in [1.165, 1.54) is 0 Å². The second-order valence-corrected chi connectivity index (χ2v) is 3.87. The van der Waals surface area contributed by atoms with Gasteiger partial charge in [0.1, 0.15) is 18.1 Å². The van der Waals surface area contributed by atoms with Crippen LogP contribution in [-0.4, -0.2) is 39.9 Å². The Morgan fingerprint density at radius 1 is 1.32 bits per heavy atom. The maximum atomic E-state index is 10.5. The number of benzene rings is 1. The Bertz CT molecular complexity index is 410. The molecule has 0 aliphatic rings. The average Bonchev–Trinajstić information content (AvgIpc) is 2.42. The normalized spacial score (nSPS) is 10.2. The third-order valence-electron chi connectivity index (χ3n) is 2.47. The molecule has 0 bridgehead atoms. The van der Waals surface area contributed by atoms with Crippen LogP contribution in [0.1, 0.15) is 5.56 Å². The second kappa shape index (κ2) is 8.34. The molecule has 0 aliphatic heterocycles. The van der Waals surface area contributed by atoms with E-state index in [0.717, 1.165) is 17.1 Å². The molecule has 0 saturated heterocycles. The smallest absolute Gasteiger partial charge is 0.243 e. The van der Waals surface area contributed by atoms with Gasteiger partial charge in [0.15, 0.2) is 0 Å². The van der Waals surface area contributed by atoms with Crippen LogP contribution in [0.5, 0.6) is 11.5 Å². The molecule has 0 fully saturated rings. The molecule has 0 radical (unpaired) electrons. The highest BCUT2D eigenvalue weighted by molar-refractivity contribution is 5.74. The molecular formula is C13H20N2O4. The lowest BCUT2D eigenvalue weighted by atomic mass is 10.2. The molecule has 0 aromatic heterocycles. The van der Waals surface area contributed by atoms with Crippen molar-refractivity contribution in [2.24, 2.45) is 5.73 Å². The molecule has 0 aliphatic carbocycles. The Morgan fingerprint density at radius 3 is 2.74 bits per heavy atom. The minimum absolute atomic E-state index is 0.0514. The molecule has 1 rings (SSSR count). The second-order valence-electron chi connectivity index (χ2n) is 3.87. The van der Waals surface area contributed by atoms with E-state index in [4.69, 9.17) is 19.9 Å². The lowest BCUT2D eigenvalue weighted by Crippen LogP contribution is -2.23. The number of carbonyl (C=O) groups excluding carboxylic acids is 1. The van der Waals surface area contributed by atoms with Crippen LogP contribution >= 0.6 is 0 Å². The van der Waals surface area contributed by atoms with Gasteiger partial charge in [-0.2, -0.15) is 0 Å². The molecule has 106 valence electrons. The Morgan fingerprint density at radius 2 is 2.11 bits per heavy atom. The van der Waals surface area contributed by atoms with Gasteiger partial charge in [0.05, 0.1) is 20.8 Å². The monoisotopic (exact) mass is 268 g/mol. The summed E-state index contributed by atoms with van der Waals surface area (Å²) >= 11 is 0. The van der Waals surface area contributed by atoms with Crippen molar-refractivity contribution in [1.29, 1.82) is 0 Å². The summed E-state index contributed by atoms with van der Waals surface area (Å²) in [5.74, 6) is 1.11. The third-order valence-corrected chi connectivity index (χ3v) is 2.47. The van der Waals surface area contributed by atoms with E-state index < -0.39 is 5.91 Å². The van der Waals surface area contributed by atoms with Gasteiger partial charge in [-0.15, -0.1) is 0 Å². The Labute approximate surface area is 112 Å². The fourth-order valence-electron chi connectivity index (χ4n) is 1.56. The van der Waals surface area contributed by atoms with Crippen molar-refractivity contribution in [3.63, 3.8) is 0 Å². The molecule has 6 nitrogen and oxygen atoms in total. The van der Waals surface area contributed by atoms with Gasteiger partial charge in [0.25, 0.3) is 0 Å². The van der Waals surface area contributed by atoms with Crippen LogP contribution in [0.3, 0.4) is 0 Å². The molecule has 1 aromatic carbocycles. The molecule has 1 amide bonds. The lowest BCUT2D eigenvalue weighted by molar-refractivity contribution is -0.122. The lowest BCUT2D eigenvalue weighted by Gasteiger charge is -2.11. The number of primary amides is 1. The number of methoxy groups -OCH3 is 2. The molecule has 1 aromatic rings. The summed E-state index contributed by atoms with van der Waals surface area (Å²) in [5.41, 5.74) is 5.95. The van der Waals surface area contributed by atoms with E-state index in [0.29, 0.717) is 19.7 Å². The van der Waals surface area contributed by atoms with E-state index in [9.17, 15) is 4.79 Å². The highest BCUT2D eigenvalue weighted by Gasteiger charge is 2.04. The fraction of sp³-hybridized carbons (Fsp3) is 0.462. The van der Waals surface area contributed by atoms with E-state index in [1.807, 2.05) is 18.2 Å². The number of rotatable bonds is 9. The minimum atomic E-state index is -0.463. The van der Waals surface area contributed by atoms with Gasteiger partial charge in [-0.25, -0.2) is 0 Å². The van der Waals surface area contributed by atoms with Crippen molar-refractivity contribution < 1.29 is 19.0 Å². The van der Waals surface area contributed by atoms with Crippen molar-refractivity contribution in [3.8, 4) is 11.5 Å². The topological polar surface area (TPSA) is 82.8 Å². The number of hydrogen-bond acceptors (Lipinski definition) is 5. The molecule has 6 heteroatoms. The van der Waals surface area contributed by atoms with Gasteiger partial charge in [0, 0.05) is 18.7 Å². The van der Waals surface area contributed by atoms with Gasteiger partial charge in [0.2, 0.25) is 5.91 Å². The van der Waals surface area contributed by atoms with Crippen molar-refractivity contribution >= 4 is 5.91 Å². The van der Waals surface area contributed by atoms with Crippen LogP contribution < -0.4 is 20.5 Å². The number of nitrogens with one attached hydrogen (secondary N) is 1. The van der Waals surface area contributed by atoms with Gasteiger partial charge >= 0.3 is 0 Å². The molecule has 3 N–H and O–H groups in total. The largest absolute Gasteiger partial charge is 0.497 e. The first-order valence-corrected chi connectivity index (χ1v) is 5.95. The van der Waals surface area contributed by atoms with Crippen molar-refractivity contribution in [3.05, 3.63) is 23.8 Å². The summed E-state index contributed by atoms with van der Waals surface area (Å²) in [6.07, 6.45) is 0. The summed E-state index contributed by atoms with van der Waals surface area (Å²) in [4.78, 5) is 10.5. The van der Waals surface area contributed by atoms with Crippen LogP contribution in [0.2, 0.25) is 0 Å². The molecule has 0 heterocycles.